The fourth-order valence-corrected chi connectivity index (χ4v) is 5.82. The number of hydrogen-bond acceptors (Lipinski definition) is 7. The Morgan fingerprint density at radius 1 is 0.864 bits per heavy atom. The molecule has 0 aliphatic heterocycles. The van der Waals surface area contributed by atoms with E-state index in [4.69, 9.17) is 9.47 Å². The molecule has 1 aromatic carbocycles. The largest absolute Gasteiger partial charge is 0.492 e. The number of fused-ring (bicyclic) bond motifs is 2. The standard InChI is InChI=1S/C34H34FN7O2/c1-42(2)10-11-43-25-13-21(12-23(35)15-25)33-27-17-31(39-29(27)8-9-37-33)34-28-16-30(38-20-32(28)40-41-34)22-14-26(19-36-18-22)44-24-6-4-3-5-7-24/h8-9,12-20,24,39H,3-7,10-11H2,1-2H3,(H,40,41). The first-order chi connectivity index (χ1) is 21.5. The van der Waals surface area contributed by atoms with Gasteiger partial charge in [0.25, 0.3) is 0 Å². The molecule has 0 spiro atoms. The van der Waals surface area contributed by atoms with Crippen molar-refractivity contribution in [2.24, 2.45) is 0 Å². The van der Waals surface area contributed by atoms with Crippen LogP contribution in [0.15, 0.2) is 67.3 Å². The summed E-state index contributed by atoms with van der Waals surface area (Å²) in [5, 5.41) is 9.50. The van der Waals surface area contributed by atoms with Crippen LogP contribution in [0.5, 0.6) is 11.5 Å². The van der Waals surface area contributed by atoms with Crippen molar-refractivity contribution < 1.29 is 13.9 Å². The van der Waals surface area contributed by atoms with Gasteiger partial charge in [0, 0.05) is 52.4 Å². The number of aromatic nitrogens is 6. The van der Waals surface area contributed by atoms with E-state index >= 15 is 0 Å². The van der Waals surface area contributed by atoms with Gasteiger partial charge in [-0.3, -0.25) is 20.1 Å². The van der Waals surface area contributed by atoms with Crippen molar-refractivity contribution in [3.8, 4) is 45.4 Å². The lowest BCUT2D eigenvalue weighted by Gasteiger charge is -2.22. The summed E-state index contributed by atoms with van der Waals surface area (Å²) in [4.78, 5) is 19.2. The summed E-state index contributed by atoms with van der Waals surface area (Å²) in [5.41, 5.74) is 6.20. The molecule has 7 rings (SSSR count). The summed E-state index contributed by atoms with van der Waals surface area (Å²) in [5.74, 6) is 0.860. The molecule has 0 atom stereocenters. The molecule has 44 heavy (non-hydrogen) atoms. The van der Waals surface area contributed by atoms with Crippen LogP contribution in [0.2, 0.25) is 0 Å². The Balaban J connectivity index is 1.21. The van der Waals surface area contributed by atoms with E-state index in [1.807, 2.05) is 49.3 Å². The molecule has 0 bridgehead atoms. The van der Waals surface area contributed by atoms with Gasteiger partial charge in [-0.1, -0.05) is 6.42 Å². The van der Waals surface area contributed by atoms with Crippen LogP contribution in [-0.2, 0) is 0 Å². The second-order valence-corrected chi connectivity index (χ2v) is 11.6. The van der Waals surface area contributed by atoms with Crippen molar-refractivity contribution in [1.82, 2.24) is 35.0 Å². The predicted molar refractivity (Wildman–Crippen MR) is 169 cm³/mol. The number of likely N-dealkylation sites (N-methyl/N-ethyl adjacent to an activating group) is 1. The number of benzene rings is 1. The first-order valence-electron chi connectivity index (χ1n) is 15.0. The minimum atomic E-state index is -0.377. The number of aromatic amines is 2. The molecule has 5 aromatic heterocycles. The third kappa shape index (κ3) is 5.85. The van der Waals surface area contributed by atoms with E-state index < -0.39 is 0 Å². The third-order valence-electron chi connectivity index (χ3n) is 8.07. The lowest BCUT2D eigenvalue weighted by Crippen LogP contribution is -2.19. The molecule has 2 N–H and O–H groups in total. The Hall–Kier alpha value is -4.83. The van der Waals surface area contributed by atoms with Crippen LogP contribution < -0.4 is 9.47 Å². The Labute approximate surface area is 254 Å². The van der Waals surface area contributed by atoms with Gasteiger partial charge in [0.1, 0.15) is 29.6 Å². The van der Waals surface area contributed by atoms with Gasteiger partial charge < -0.3 is 19.4 Å². The van der Waals surface area contributed by atoms with Crippen molar-refractivity contribution in [1.29, 1.82) is 0 Å². The zero-order chi connectivity index (χ0) is 30.0. The molecule has 224 valence electrons. The number of ether oxygens (including phenoxy) is 2. The Morgan fingerprint density at radius 2 is 1.70 bits per heavy atom. The minimum absolute atomic E-state index is 0.243. The van der Waals surface area contributed by atoms with Crippen LogP contribution in [0.3, 0.4) is 0 Å². The van der Waals surface area contributed by atoms with Gasteiger partial charge in [0.15, 0.2) is 0 Å². The van der Waals surface area contributed by atoms with E-state index in [-0.39, 0.29) is 11.9 Å². The number of pyridine rings is 3. The number of H-pyrrole nitrogens is 2. The second kappa shape index (κ2) is 12.0. The topological polar surface area (TPSA) is 105 Å². The molecule has 1 aliphatic rings. The smallest absolute Gasteiger partial charge is 0.138 e. The molecular formula is C34H34FN7O2. The number of hydrogen-bond donors (Lipinski definition) is 2. The summed E-state index contributed by atoms with van der Waals surface area (Å²) in [6, 6.07) is 12.6. The van der Waals surface area contributed by atoms with E-state index in [1.165, 1.54) is 31.4 Å². The predicted octanol–water partition coefficient (Wildman–Crippen LogP) is 7.02. The van der Waals surface area contributed by atoms with Crippen molar-refractivity contribution in [3.63, 3.8) is 0 Å². The zero-order valence-electron chi connectivity index (χ0n) is 24.8. The van der Waals surface area contributed by atoms with Crippen LogP contribution in [0.25, 0.3) is 55.7 Å². The lowest BCUT2D eigenvalue weighted by molar-refractivity contribution is 0.154. The van der Waals surface area contributed by atoms with Crippen LogP contribution in [0.1, 0.15) is 32.1 Å². The average Bonchev–Trinajstić information content (AvgIpc) is 3.65. The highest BCUT2D eigenvalue weighted by molar-refractivity contribution is 6.00. The molecule has 0 radical (unpaired) electrons. The molecule has 5 heterocycles. The molecule has 6 aromatic rings. The molecule has 1 fully saturated rings. The first kappa shape index (κ1) is 28.0. The molecule has 9 nitrogen and oxygen atoms in total. The zero-order valence-corrected chi connectivity index (χ0v) is 24.8. The van der Waals surface area contributed by atoms with E-state index in [0.717, 1.165) is 69.6 Å². The number of halogens is 1. The van der Waals surface area contributed by atoms with Crippen molar-refractivity contribution in [3.05, 3.63) is 73.1 Å². The quantitative estimate of drug-likeness (QED) is 0.186. The maximum absolute atomic E-state index is 14.7. The van der Waals surface area contributed by atoms with Gasteiger partial charge >= 0.3 is 0 Å². The summed E-state index contributed by atoms with van der Waals surface area (Å²) < 4.78 is 26.7. The number of nitrogens with one attached hydrogen (secondary N) is 2. The Kier molecular flexibility index (Phi) is 7.66. The SMILES string of the molecule is CN(C)CCOc1cc(F)cc(-c2nccc3[nH]c(-c4n[nH]c5cnc(-c6cncc(OC7CCCCC7)c6)cc45)cc23)c1. The van der Waals surface area contributed by atoms with Crippen LogP contribution in [0.4, 0.5) is 4.39 Å². The first-order valence-corrected chi connectivity index (χ1v) is 15.0. The molecule has 1 aliphatic carbocycles. The molecular weight excluding hydrogens is 557 g/mol. The van der Waals surface area contributed by atoms with E-state index in [1.54, 1.807) is 24.8 Å². The Morgan fingerprint density at radius 3 is 2.57 bits per heavy atom. The summed E-state index contributed by atoms with van der Waals surface area (Å²) in [7, 11) is 3.94. The monoisotopic (exact) mass is 591 g/mol. The third-order valence-corrected chi connectivity index (χ3v) is 8.07. The van der Waals surface area contributed by atoms with Gasteiger partial charge in [-0.2, -0.15) is 5.10 Å². The van der Waals surface area contributed by atoms with Gasteiger partial charge in [-0.15, -0.1) is 0 Å². The van der Waals surface area contributed by atoms with Gasteiger partial charge in [-0.05, 0) is 76.2 Å². The number of rotatable bonds is 9. The van der Waals surface area contributed by atoms with Crippen molar-refractivity contribution in [2.45, 2.75) is 38.2 Å². The maximum Gasteiger partial charge on any atom is 0.138 e. The highest BCUT2D eigenvalue weighted by Gasteiger charge is 2.18. The molecule has 0 amide bonds. The molecule has 0 unspecified atom stereocenters. The Bertz CT molecular complexity index is 1930. The normalized spacial score (nSPS) is 14.1. The van der Waals surface area contributed by atoms with Crippen LogP contribution in [-0.4, -0.2) is 68.4 Å². The van der Waals surface area contributed by atoms with Crippen molar-refractivity contribution in [2.75, 3.05) is 27.2 Å². The van der Waals surface area contributed by atoms with Gasteiger partial charge in [0.2, 0.25) is 0 Å². The second-order valence-electron chi connectivity index (χ2n) is 11.6. The highest BCUT2D eigenvalue weighted by atomic mass is 19.1. The summed E-state index contributed by atoms with van der Waals surface area (Å²) >= 11 is 0. The van der Waals surface area contributed by atoms with E-state index in [0.29, 0.717) is 23.6 Å². The molecule has 0 saturated heterocycles. The van der Waals surface area contributed by atoms with Crippen molar-refractivity contribution >= 4 is 21.8 Å². The highest BCUT2D eigenvalue weighted by Crippen LogP contribution is 2.35. The maximum atomic E-state index is 14.7. The van der Waals surface area contributed by atoms with Crippen LogP contribution >= 0.6 is 0 Å². The lowest BCUT2D eigenvalue weighted by atomic mass is 9.98. The summed E-state index contributed by atoms with van der Waals surface area (Å²) in [6.45, 7) is 1.19. The molecule has 10 heteroatoms. The fourth-order valence-electron chi connectivity index (χ4n) is 5.82. The van der Waals surface area contributed by atoms with Crippen LogP contribution in [0, 0.1) is 5.82 Å². The minimum Gasteiger partial charge on any atom is -0.492 e. The fraction of sp³-hybridized carbons (Fsp3) is 0.294. The van der Waals surface area contributed by atoms with E-state index in [9.17, 15) is 4.39 Å². The average molecular weight is 592 g/mol. The summed E-state index contributed by atoms with van der Waals surface area (Å²) in [6.07, 6.45) is 13.2. The molecule has 1 saturated carbocycles. The van der Waals surface area contributed by atoms with Gasteiger partial charge in [0.05, 0.1) is 41.1 Å². The van der Waals surface area contributed by atoms with E-state index in [2.05, 4.69) is 30.1 Å². The van der Waals surface area contributed by atoms with Gasteiger partial charge in [-0.25, -0.2) is 4.39 Å². The number of nitrogens with zero attached hydrogens (tertiary/aromatic N) is 5.